The molecule has 2 aromatic carbocycles. The van der Waals surface area contributed by atoms with Crippen molar-refractivity contribution in [1.29, 1.82) is 0 Å². The fourth-order valence-corrected chi connectivity index (χ4v) is 4.54. The predicted molar refractivity (Wildman–Crippen MR) is 102 cm³/mol. The Morgan fingerprint density at radius 2 is 2.00 bits per heavy atom. The average molecular weight is 338 g/mol. The van der Waals surface area contributed by atoms with Crippen molar-refractivity contribution in [3.05, 3.63) is 48.0 Å². The Bertz CT molecular complexity index is 898. The van der Waals surface area contributed by atoms with Gasteiger partial charge in [-0.2, -0.15) is 0 Å². The van der Waals surface area contributed by atoms with Crippen molar-refractivity contribution in [2.24, 2.45) is 0 Å². The van der Waals surface area contributed by atoms with Crippen LogP contribution in [0.25, 0.3) is 22.2 Å². The van der Waals surface area contributed by atoms with Gasteiger partial charge in [-0.3, -0.25) is 0 Å². The summed E-state index contributed by atoms with van der Waals surface area (Å²) >= 11 is 1.93. The Morgan fingerprint density at radius 3 is 2.79 bits per heavy atom. The van der Waals surface area contributed by atoms with E-state index in [4.69, 9.17) is 4.74 Å². The van der Waals surface area contributed by atoms with Gasteiger partial charge < -0.3 is 14.2 Å². The summed E-state index contributed by atoms with van der Waals surface area (Å²) in [5, 5.41) is 1.32. The number of ether oxygens (including phenoxy) is 1. The minimum absolute atomic E-state index is 0.930. The lowest BCUT2D eigenvalue weighted by Gasteiger charge is -2.20. The third-order valence-electron chi connectivity index (χ3n) is 4.66. The molecule has 0 spiro atoms. The molecule has 0 amide bonds. The molecule has 0 bridgehead atoms. The molecule has 0 N–H and O–H groups in total. The summed E-state index contributed by atoms with van der Waals surface area (Å²) < 4.78 is 7.95. The summed E-state index contributed by atoms with van der Waals surface area (Å²) in [5.41, 5.74) is 5.48. The molecule has 3 aromatic rings. The Labute approximate surface area is 147 Å². The van der Waals surface area contributed by atoms with Gasteiger partial charge in [0.2, 0.25) is 0 Å². The van der Waals surface area contributed by atoms with Crippen LogP contribution in [0.1, 0.15) is 5.56 Å². The van der Waals surface area contributed by atoms with Crippen LogP contribution in [-0.4, -0.2) is 37.2 Å². The van der Waals surface area contributed by atoms with Gasteiger partial charge in [-0.1, -0.05) is 18.2 Å². The number of aromatic nitrogens is 1. The second kappa shape index (κ2) is 6.19. The van der Waals surface area contributed by atoms with E-state index >= 15 is 0 Å². The molecule has 0 radical (unpaired) electrons. The predicted octanol–water partition coefficient (Wildman–Crippen LogP) is 4.48. The minimum atomic E-state index is 0.930. The van der Waals surface area contributed by atoms with Gasteiger partial charge in [0.15, 0.2) is 0 Å². The lowest BCUT2D eigenvalue weighted by Crippen LogP contribution is -2.19. The molecule has 1 aliphatic rings. The number of likely N-dealkylation sites (N-methyl/N-ethyl adjacent to an activating group) is 1. The lowest BCUT2D eigenvalue weighted by molar-refractivity contribution is 0.387. The Balaban J connectivity index is 1.98. The van der Waals surface area contributed by atoms with Crippen molar-refractivity contribution in [3.8, 4) is 17.0 Å². The first kappa shape index (κ1) is 15.6. The van der Waals surface area contributed by atoms with Crippen LogP contribution in [0.2, 0.25) is 0 Å². The Kier molecular flexibility index (Phi) is 4.02. The molecule has 0 fully saturated rings. The molecule has 0 atom stereocenters. The molecule has 0 aliphatic carbocycles. The van der Waals surface area contributed by atoms with Crippen molar-refractivity contribution in [2.75, 3.05) is 27.7 Å². The van der Waals surface area contributed by atoms with Gasteiger partial charge in [0.25, 0.3) is 0 Å². The maximum absolute atomic E-state index is 5.47. The molecule has 24 heavy (non-hydrogen) atoms. The smallest absolute Gasteiger partial charge is 0.119 e. The number of benzene rings is 2. The zero-order chi connectivity index (χ0) is 16.7. The molecular weight excluding hydrogens is 316 g/mol. The van der Waals surface area contributed by atoms with Crippen molar-refractivity contribution >= 4 is 22.7 Å². The molecule has 4 heteroatoms. The van der Waals surface area contributed by atoms with Crippen LogP contribution < -0.4 is 4.74 Å². The summed E-state index contributed by atoms with van der Waals surface area (Å²) in [4.78, 5) is 3.62. The van der Waals surface area contributed by atoms with Crippen LogP contribution in [0.3, 0.4) is 0 Å². The number of hydrogen-bond donors (Lipinski definition) is 0. The number of methoxy groups -OCH3 is 1. The summed E-state index contributed by atoms with van der Waals surface area (Å²) in [7, 11) is 6.00. The second-order valence-electron chi connectivity index (χ2n) is 6.45. The fraction of sp³-hybridized carbons (Fsp3) is 0.300. The highest BCUT2D eigenvalue weighted by Gasteiger charge is 2.24. The topological polar surface area (TPSA) is 17.4 Å². The molecule has 1 aromatic heterocycles. The normalized spacial score (nSPS) is 13.2. The fourth-order valence-electron chi connectivity index (χ4n) is 3.45. The van der Waals surface area contributed by atoms with Crippen molar-refractivity contribution in [2.45, 2.75) is 17.2 Å². The molecule has 3 nitrogen and oxygen atoms in total. The van der Waals surface area contributed by atoms with E-state index in [1.807, 2.05) is 11.8 Å². The maximum atomic E-state index is 5.47. The molecule has 0 saturated heterocycles. The van der Waals surface area contributed by atoms with Crippen molar-refractivity contribution < 1.29 is 4.74 Å². The van der Waals surface area contributed by atoms with Crippen LogP contribution >= 0.6 is 11.8 Å². The summed E-state index contributed by atoms with van der Waals surface area (Å²) in [6, 6.07) is 15.2. The summed E-state index contributed by atoms with van der Waals surface area (Å²) in [6.45, 7) is 2.02. The number of hydrogen-bond acceptors (Lipinski definition) is 3. The van der Waals surface area contributed by atoms with E-state index < -0.39 is 0 Å². The van der Waals surface area contributed by atoms with E-state index in [1.54, 1.807) is 7.11 Å². The first-order valence-corrected chi connectivity index (χ1v) is 9.23. The minimum Gasteiger partial charge on any atom is -0.497 e. The summed E-state index contributed by atoms with van der Waals surface area (Å²) in [5.74, 6) is 1.95. The van der Waals surface area contributed by atoms with Crippen LogP contribution in [-0.2, 0) is 12.3 Å². The van der Waals surface area contributed by atoms with Gasteiger partial charge in [-0.05, 0) is 43.9 Å². The monoisotopic (exact) mass is 338 g/mol. The van der Waals surface area contributed by atoms with Crippen LogP contribution in [0.15, 0.2) is 47.4 Å². The van der Waals surface area contributed by atoms with Crippen LogP contribution in [0.5, 0.6) is 5.75 Å². The third-order valence-corrected chi connectivity index (χ3v) is 5.76. The first-order chi connectivity index (χ1) is 11.7. The average Bonchev–Trinajstić information content (AvgIpc) is 2.93. The largest absolute Gasteiger partial charge is 0.497 e. The Hall–Kier alpha value is -1.91. The quantitative estimate of drug-likeness (QED) is 0.698. The number of rotatable bonds is 4. The van der Waals surface area contributed by atoms with E-state index in [-0.39, 0.29) is 0 Å². The SMILES string of the molecule is COc1ccc2c(c1)c1c(n2CCN(C)C)-c2ccccc2SC1. The van der Waals surface area contributed by atoms with Gasteiger partial charge in [0, 0.05) is 40.2 Å². The number of thioether (sulfide) groups is 1. The summed E-state index contributed by atoms with van der Waals surface area (Å²) in [6.07, 6.45) is 0. The molecular formula is C20H22N2OS. The van der Waals surface area contributed by atoms with Crippen molar-refractivity contribution in [1.82, 2.24) is 9.47 Å². The van der Waals surface area contributed by atoms with Crippen LogP contribution in [0.4, 0.5) is 0 Å². The number of fused-ring (bicyclic) bond motifs is 5. The zero-order valence-corrected chi connectivity index (χ0v) is 15.2. The van der Waals surface area contributed by atoms with Gasteiger partial charge in [-0.15, -0.1) is 11.8 Å². The molecule has 2 heterocycles. The number of nitrogens with zero attached hydrogens (tertiary/aromatic N) is 2. The van der Waals surface area contributed by atoms with E-state index in [0.29, 0.717) is 0 Å². The van der Waals surface area contributed by atoms with Gasteiger partial charge in [-0.25, -0.2) is 0 Å². The van der Waals surface area contributed by atoms with E-state index in [0.717, 1.165) is 24.6 Å². The van der Waals surface area contributed by atoms with Gasteiger partial charge in [0.05, 0.1) is 12.8 Å². The molecule has 4 rings (SSSR count). The third kappa shape index (κ3) is 2.50. The molecule has 1 aliphatic heterocycles. The highest BCUT2D eigenvalue weighted by molar-refractivity contribution is 7.98. The van der Waals surface area contributed by atoms with E-state index in [2.05, 4.69) is 66.0 Å². The maximum Gasteiger partial charge on any atom is 0.119 e. The molecule has 0 saturated carbocycles. The second-order valence-corrected chi connectivity index (χ2v) is 7.47. The van der Waals surface area contributed by atoms with E-state index in [9.17, 15) is 0 Å². The molecule has 124 valence electrons. The highest BCUT2D eigenvalue weighted by atomic mass is 32.2. The van der Waals surface area contributed by atoms with Gasteiger partial charge >= 0.3 is 0 Å². The standard InChI is InChI=1S/C20H22N2OS/c1-21(2)10-11-22-18-9-8-14(23-3)12-16(18)17-13-24-19-7-5-4-6-15(19)20(17)22/h4-9,12H,10-11,13H2,1-3H3. The van der Waals surface area contributed by atoms with Crippen molar-refractivity contribution in [3.63, 3.8) is 0 Å². The molecule has 0 unspecified atom stereocenters. The van der Waals surface area contributed by atoms with Gasteiger partial charge in [0.1, 0.15) is 5.75 Å². The zero-order valence-electron chi connectivity index (χ0n) is 14.4. The first-order valence-electron chi connectivity index (χ1n) is 8.25. The van der Waals surface area contributed by atoms with Crippen LogP contribution in [0, 0.1) is 0 Å². The Morgan fingerprint density at radius 1 is 1.17 bits per heavy atom. The van der Waals surface area contributed by atoms with E-state index in [1.165, 1.54) is 32.6 Å². The lowest BCUT2D eigenvalue weighted by atomic mass is 10.1. The highest BCUT2D eigenvalue weighted by Crippen LogP contribution is 2.46.